The SMILES string of the molecule is O=C(O)CCCNC(=O)NC(CCC(=O)NCCNC(=O)CC[C@H](NC(=S)Nc1ccc(-c2c3ccc(=O)cc-3oc3cc(O)ccc23)c(C(=O)O)c1)C(=O)O)C(=O)O. The molecule has 20 nitrogen and oxygen atoms in total. The number of aromatic carboxylic acids is 1. The van der Waals surface area contributed by atoms with Gasteiger partial charge in [-0.15, -0.1) is 0 Å². The van der Waals surface area contributed by atoms with Crippen LogP contribution in [0.3, 0.4) is 0 Å². The second kappa shape index (κ2) is 20.8. The molecule has 0 spiro atoms. The van der Waals surface area contributed by atoms with Gasteiger partial charge < -0.3 is 61.9 Å². The minimum Gasteiger partial charge on any atom is -0.508 e. The molecule has 11 N–H and O–H groups in total. The number of aliphatic carboxylic acids is 3. The van der Waals surface area contributed by atoms with Crippen molar-refractivity contribution in [1.82, 2.24) is 26.6 Å². The number of carboxylic acid groups (broad SMARTS) is 4. The number of fused-ring (bicyclic) bond motifs is 2. The summed E-state index contributed by atoms with van der Waals surface area (Å²) in [4.78, 5) is 95.2. The molecule has 2 aromatic rings. The highest BCUT2D eigenvalue weighted by molar-refractivity contribution is 7.80. The zero-order valence-corrected chi connectivity index (χ0v) is 31.8. The monoisotopic (exact) mass is 836 g/mol. The fraction of sp³-hybridized carbons (Fsp3) is 0.289. The number of urea groups is 1. The van der Waals surface area contributed by atoms with E-state index in [-0.39, 0.29) is 103 Å². The number of hydrogen-bond acceptors (Lipinski definition) is 11. The third-order valence-electron chi connectivity index (χ3n) is 8.60. The molecule has 2 aliphatic rings. The molecule has 4 amide bonds. The van der Waals surface area contributed by atoms with Gasteiger partial charge in [0.1, 0.15) is 29.2 Å². The number of rotatable bonds is 20. The zero-order valence-electron chi connectivity index (χ0n) is 31.0. The number of phenols is 1. The van der Waals surface area contributed by atoms with Crippen molar-refractivity contribution in [2.45, 2.75) is 50.6 Å². The Morgan fingerprint density at radius 2 is 1.32 bits per heavy atom. The van der Waals surface area contributed by atoms with Crippen molar-refractivity contribution in [2.24, 2.45) is 0 Å². The lowest BCUT2D eigenvalue weighted by Crippen LogP contribution is -2.46. The number of hydrogen-bond donors (Lipinski definition) is 11. The topological polar surface area (TPSA) is 323 Å². The first-order valence-corrected chi connectivity index (χ1v) is 18.3. The van der Waals surface area contributed by atoms with Crippen molar-refractivity contribution < 1.29 is 63.5 Å². The van der Waals surface area contributed by atoms with Crippen molar-refractivity contribution >= 4 is 75.7 Å². The number of thiocarbonyl (C=S) groups is 1. The molecule has 1 unspecified atom stereocenters. The molecule has 0 fully saturated rings. The van der Waals surface area contributed by atoms with Crippen LogP contribution in [0.5, 0.6) is 5.75 Å². The normalized spacial score (nSPS) is 11.8. The predicted octanol–water partition coefficient (Wildman–Crippen LogP) is 2.12. The van der Waals surface area contributed by atoms with Crippen molar-refractivity contribution in [1.29, 1.82) is 0 Å². The Bertz CT molecular complexity index is 2300. The summed E-state index contributed by atoms with van der Waals surface area (Å²) in [5, 5.41) is 63.2. The molecule has 0 radical (unpaired) electrons. The minimum absolute atomic E-state index is 0.00774. The molecule has 0 aromatic heterocycles. The maximum atomic E-state index is 12.5. The van der Waals surface area contributed by atoms with Crippen molar-refractivity contribution in [3.63, 3.8) is 0 Å². The van der Waals surface area contributed by atoms with E-state index >= 15 is 0 Å². The number of amides is 4. The molecule has 0 bridgehead atoms. The van der Waals surface area contributed by atoms with Gasteiger partial charge in [-0.3, -0.25) is 19.2 Å². The molecular formula is C38H40N6O14S. The first-order valence-electron chi connectivity index (χ1n) is 17.9. The third-order valence-corrected chi connectivity index (χ3v) is 8.82. The largest absolute Gasteiger partial charge is 0.508 e. The first kappa shape index (κ1) is 44.4. The van der Waals surface area contributed by atoms with Gasteiger partial charge in [0.2, 0.25) is 11.8 Å². The number of carboxylic acids is 4. The van der Waals surface area contributed by atoms with Gasteiger partial charge in [-0.25, -0.2) is 19.2 Å². The average molecular weight is 837 g/mol. The molecule has 0 saturated heterocycles. The van der Waals surface area contributed by atoms with Gasteiger partial charge in [0, 0.05) is 73.2 Å². The predicted molar refractivity (Wildman–Crippen MR) is 213 cm³/mol. The van der Waals surface area contributed by atoms with Gasteiger partial charge in [-0.05, 0) is 73.4 Å². The Hall–Kier alpha value is -7.29. The molecule has 1 aliphatic carbocycles. The van der Waals surface area contributed by atoms with Gasteiger partial charge in [-0.2, -0.15) is 0 Å². The maximum absolute atomic E-state index is 12.5. The van der Waals surface area contributed by atoms with Crippen LogP contribution in [0.2, 0.25) is 0 Å². The van der Waals surface area contributed by atoms with Crippen molar-refractivity contribution in [2.75, 3.05) is 25.0 Å². The highest BCUT2D eigenvalue weighted by atomic mass is 32.1. The van der Waals surface area contributed by atoms with E-state index in [2.05, 4.69) is 31.9 Å². The summed E-state index contributed by atoms with van der Waals surface area (Å²) >= 11 is 5.30. The quantitative estimate of drug-likeness (QED) is 0.0345. The molecule has 2 atom stereocenters. The van der Waals surface area contributed by atoms with Crippen LogP contribution in [0.15, 0.2) is 63.8 Å². The molecule has 59 heavy (non-hydrogen) atoms. The van der Waals surface area contributed by atoms with E-state index in [4.69, 9.17) is 21.7 Å². The van der Waals surface area contributed by atoms with Crippen LogP contribution < -0.4 is 37.3 Å². The van der Waals surface area contributed by atoms with Crippen molar-refractivity contribution in [3.05, 3.63) is 70.4 Å². The highest BCUT2D eigenvalue weighted by Gasteiger charge is 2.24. The number of aromatic hydroxyl groups is 1. The average Bonchev–Trinajstić information content (AvgIpc) is 3.17. The number of phenolic OH excluding ortho intramolecular Hbond substituents is 1. The maximum Gasteiger partial charge on any atom is 0.336 e. The van der Waals surface area contributed by atoms with E-state index in [0.29, 0.717) is 16.5 Å². The van der Waals surface area contributed by atoms with Crippen LogP contribution in [0.4, 0.5) is 10.5 Å². The molecule has 4 rings (SSSR count). The van der Waals surface area contributed by atoms with Crippen LogP contribution in [0.1, 0.15) is 48.9 Å². The number of nitrogens with one attached hydrogen (secondary N) is 6. The van der Waals surface area contributed by atoms with Gasteiger partial charge in [-0.1, -0.05) is 6.07 Å². The molecule has 312 valence electrons. The fourth-order valence-corrected chi connectivity index (χ4v) is 6.05. The molecule has 1 heterocycles. The molecule has 1 aliphatic heterocycles. The lowest BCUT2D eigenvalue weighted by atomic mass is 9.90. The van der Waals surface area contributed by atoms with Gasteiger partial charge in [0.05, 0.1) is 5.56 Å². The minimum atomic E-state index is -1.39. The molecule has 0 saturated carbocycles. The van der Waals surface area contributed by atoms with E-state index in [1.807, 2.05) is 0 Å². The third kappa shape index (κ3) is 13.1. The van der Waals surface area contributed by atoms with Crippen LogP contribution in [0, 0.1) is 0 Å². The van der Waals surface area contributed by atoms with Crippen molar-refractivity contribution in [3.8, 4) is 28.2 Å². The fourth-order valence-electron chi connectivity index (χ4n) is 5.79. The number of benzene rings is 3. The lowest BCUT2D eigenvalue weighted by molar-refractivity contribution is -0.140. The summed E-state index contributed by atoms with van der Waals surface area (Å²) in [7, 11) is 0. The van der Waals surface area contributed by atoms with Crippen LogP contribution in [-0.4, -0.2) is 104 Å². The highest BCUT2D eigenvalue weighted by Crippen LogP contribution is 2.42. The Kier molecular flexibility index (Phi) is 15.6. The Morgan fingerprint density at radius 1 is 0.695 bits per heavy atom. The smallest absolute Gasteiger partial charge is 0.336 e. The summed E-state index contributed by atoms with van der Waals surface area (Å²) < 4.78 is 5.84. The summed E-state index contributed by atoms with van der Waals surface area (Å²) in [5.41, 5.74) is 0.981. The Labute approximate surface area is 339 Å². The second-order valence-corrected chi connectivity index (χ2v) is 13.3. The van der Waals surface area contributed by atoms with E-state index < -0.39 is 53.8 Å². The molecular weight excluding hydrogens is 797 g/mol. The summed E-state index contributed by atoms with van der Waals surface area (Å²) in [6.45, 7) is -0.0709. The Balaban J connectivity index is 1.27. The molecule has 2 aromatic carbocycles. The van der Waals surface area contributed by atoms with E-state index in [1.54, 1.807) is 6.07 Å². The summed E-state index contributed by atoms with van der Waals surface area (Å²) in [6.07, 6.45) is -1.05. The van der Waals surface area contributed by atoms with Crippen LogP contribution in [-0.2, 0) is 24.0 Å². The number of carbonyl (C=O) groups excluding carboxylic acids is 3. The van der Waals surface area contributed by atoms with E-state index in [9.17, 15) is 58.8 Å². The van der Waals surface area contributed by atoms with Crippen LogP contribution in [0.25, 0.3) is 33.4 Å². The van der Waals surface area contributed by atoms with E-state index in [1.165, 1.54) is 48.5 Å². The first-order chi connectivity index (χ1) is 28.0. The number of anilines is 1. The van der Waals surface area contributed by atoms with E-state index in [0.717, 1.165) is 0 Å². The standard InChI is InChI=1S/C38H40N6O14S/c45-20-4-7-23-28(17-20)58-29-18-21(46)5-8-24(29)33(23)22-6-3-19(16-25(22)34(51)52)42-38(59)44-27(36(55)56)10-12-31(48)40-15-14-39-30(47)11-9-26(35(53)54)43-37(57)41-13-1-2-32(49)50/h3-8,16-18,26-27,45H,1-2,9-15H2,(H,39,47)(H,40,48)(H,49,50)(H,51,52)(H,53,54)(H,55,56)(H2,41,43,57)(H2,42,44,59)/t26?,27-/m0/s1. The second-order valence-electron chi connectivity index (χ2n) is 12.9. The zero-order chi connectivity index (χ0) is 43.2. The molecule has 21 heteroatoms. The number of carbonyl (C=O) groups is 7. The van der Waals surface area contributed by atoms with Gasteiger partial charge in [0.15, 0.2) is 10.5 Å². The van der Waals surface area contributed by atoms with Gasteiger partial charge >= 0.3 is 29.9 Å². The summed E-state index contributed by atoms with van der Waals surface area (Å²) in [5.74, 6) is -6.12. The van der Waals surface area contributed by atoms with Crippen LogP contribution >= 0.6 is 12.2 Å². The summed E-state index contributed by atoms with van der Waals surface area (Å²) in [6, 6.07) is 9.10. The van der Waals surface area contributed by atoms with Gasteiger partial charge in [0.25, 0.3) is 0 Å². The Morgan fingerprint density at radius 3 is 1.93 bits per heavy atom. The lowest BCUT2D eigenvalue weighted by Gasteiger charge is -2.19.